The van der Waals surface area contributed by atoms with Crippen molar-refractivity contribution >= 4 is 0 Å². The molecule has 0 saturated heterocycles. The lowest BCUT2D eigenvalue weighted by Gasteiger charge is -2.08. The highest BCUT2D eigenvalue weighted by atomic mass is 15.5. The second-order valence-corrected chi connectivity index (χ2v) is 2.81. The fourth-order valence-corrected chi connectivity index (χ4v) is 1.26. The minimum Gasteiger partial charge on any atom is -0.329 e. The van der Waals surface area contributed by atoms with E-state index in [1.54, 1.807) is 6.20 Å². The maximum absolute atomic E-state index is 5.63. The second kappa shape index (κ2) is 3.93. The van der Waals surface area contributed by atoms with Crippen molar-refractivity contribution in [1.29, 1.82) is 0 Å². The Bertz CT molecular complexity index is 370. The van der Waals surface area contributed by atoms with Gasteiger partial charge in [-0.1, -0.05) is 11.3 Å². The van der Waals surface area contributed by atoms with Crippen LogP contribution in [0.15, 0.2) is 24.4 Å². The molecule has 0 aliphatic carbocycles. The lowest BCUT2D eigenvalue weighted by molar-refractivity contribution is 0.729. The summed E-state index contributed by atoms with van der Waals surface area (Å²) in [5, 5.41) is 13.7. The van der Waals surface area contributed by atoms with E-state index in [1.165, 1.54) is 0 Å². The van der Waals surface area contributed by atoms with Crippen molar-refractivity contribution in [3.63, 3.8) is 0 Å². The third kappa shape index (κ3) is 1.60. The Morgan fingerprint density at radius 1 is 1.43 bits per heavy atom. The molecule has 2 aromatic heterocycles. The molecule has 0 radical (unpaired) electrons. The molecule has 0 fully saturated rings. The molecule has 3 N–H and O–H groups in total. The van der Waals surface area contributed by atoms with Crippen LogP contribution in [0, 0.1) is 0 Å². The minimum absolute atomic E-state index is 0.0880. The van der Waals surface area contributed by atoms with Gasteiger partial charge < -0.3 is 5.73 Å². The third-order valence-corrected chi connectivity index (χ3v) is 1.95. The summed E-state index contributed by atoms with van der Waals surface area (Å²) < 4.78 is 0. The maximum atomic E-state index is 5.63. The van der Waals surface area contributed by atoms with Crippen LogP contribution in [-0.2, 0) is 0 Å². The van der Waals surface area contributed by atoms with E-state index in [0.717, 1.165) is 5.69 Å². The van der Waals surface area contributed by atoms with E-state index in [9.17, 15) is 0 Å². The van der Waals surface area contributed by atoms with Crippen LogP contribution in [0.2, 0.25) is 0 Å². The first kappa shape index (κ1) is 8.76. The van der Waals surface area contributed by atoms with E-state index in [1.807, 2.05) is 18.2 Å². The van der Waals surface area contributed by atoms with Gasteiger partial charge in [-0.3, -0.25) is 4.98 Å². The van der Waals surface area contributed by atoms with Crippen molar-refractivity contribution in [2.75, 3.05) is 6.54 Å². The van der Waals surface area contributed by atoms with Crippen LogP contribution >= 0.6 is 0 Å². The zero-order chi connectivity index (χ0) is 9.80. The van der Waals surface area contributed by atoms with E-state index in [-0.39, 0.29) is 5.92 Å². The molecule has 72 valence electrons. The predicted molar refractivity (Wildman–Crippen MR) is 49.3 cm³/mol. The summed E-state index contributed by atoms with van der Waals surface area (Å²) >= 11 is 0. The van der Waals surface area contributed by atoms with Gasteiger partial charge >= 0.3 is 0 Å². The summed E-state index contributed by atoms with van der Waals surface area (Å²) in [4.78, 5) is 4.20. The number of aromatic amines is 1. The molecular weight excluding hydrogens is 180 g/mol. The van der Waals surface area contributed by atoms with Crippen molar-refractivity contribution in [3.8, 4) is 0 Å². The van der Waals surface area contributed by atoms with Gasteiger partial charge in [-0.15, -0.1) is 10.2 Å². The molecule has 2 aromatic rings. The van der Waals surface area contributed by atoms with Crippen LogP contribution in [-0.4, -0.2) is 32.2 Å². The van der Waals surface area contributed by atoms with Crippen LogP contribution in [0.5, 0.6) is 0 Å². The van der Waals surface area contributed by atoms with Crippen molar-refractivity contribution < 1.29 is 0 Å². The highest BCUT2D eigenvalue weighted by molar-refractivity contribution is 5.17. The lowest BCUT2D eigenvalue weighted by atomic mass is 10.0. The monoisotopic (exact) mass is 190 g/mol. The van der Waals surface area contributed by atoms with Gasteiger partial charge in [0, 0.05) is 12.7 Å². The van der Waals surface area contributed by atoms with Crippen molar-refractivity contribution in [2.24, 2.45) is 5.73 Å². The highest BCUT2D eigenvalue weighted by Gasteiger charge is 2.17. The molecule has 6 nitrogen and oxygen atoms in total. The summed E-state index contributed by atoms with van der Waals surface area (Å²) in [6.07, 6.45) is 1.72. The summed E-state index contributed by atoms with van der Waals surface area (Å²) in [7, 11) is 0. The first-order chi connectivity index (χ1) is 6.92. The van der Waals surface area contributed by atoms with E-state index < -0.39 is 0 Å². The first-order valence-corrected chi connectivity index (χ1v) is 4.26. The number of nitrogens with zero attached hydrogens (tertiary/aromatic N) is 4. The number of H-pyrrole nitrogens is 1. The topological polar surface area (TPSA) is 93.4 Å². The van der Waals surface area contributed by atoms with Gasteiger partial charge in [0.25, 0.3) is 0 Å². The first-order valence-electron chi connectivity index (χ1n) is 4.26. The molecule has 0 spiro atoms. The van der Waals surface area contributed by atoms with Crippen LogP contribution in [0.4, 0.5) is 0 Å². The Kier molecular flexibility index (Phi) is 2.46. The molecule has 1 atom stereocenters. The van der Waals surface area contributed by atoms with E-state index >= 15 is 0 Å². The minimum atomic E-state index is -0.0880. The van der Waals surface area contributed by atoms with Crippen molar-refractivity contribution in [3.05, 3.63) is 35.9 Å². The smallest absolute Gasteiger partial charge is 0.184 e. The molecular formula is C8H10N6. The predicted octanol–water partition coefficient (Wildman–Crippen LogP) is -0.315. The SMILES string of the molecule is NCC(c1ccccn1)c1nn[nH]n1. The number of rotatable bonds is 3. The number of tetrazole rings is 1. The molecule has 2 heterocycles. The van der Waals surface area contributed by atoms with Crippen LogP contribution < -0.4 is 5.73 Å². The molecule has 0 aliphatic heterocycles. The highest BCUT2D eigenvalue weighted by Crippen LogP contribution is 2.16. The molecule has 14 heavy (non-hydrogen) atoms. The van der Waals surface area contributed by atoms with Gasteiger partial charge in [-0.05, 0) is 12.1 Å². The summed E-state index contributed by atoms with van der Waals surface area (Å²) in [5.74, 6) is 0.487. The average molecular weight is 190 g/mol. The van der Waals surface area contributed by atoms with Gasteiger partial charge in [0.15, 0.2) is 5.82 Å². The van der Waals surface area contributed by atoms with E-state index in [2.05, 4.69) is 25.6 Å². The van der Waals surface area contributed by atoms with Crippen molar-refractivity contribution in [2.45, 2.75) is 5.92 Å². The fourth-order valence-electron chi connectivity index (χ4n) is 1.26. The standard InChI is InChI=1S/C8H10N6/c9-5-6(8-11-13-14-12-8)7-3-1-2-4-10-7/h1-4,6H,5,9H2,(H,11,12,13,14). The Morgan fingerprint density at radius 3 is 2.93 bits per heavy atom. The second-order valence-electron chi connectivity index (χ2n) is 2.81. The maximum Gasteiger partial charge on any atom is 0.184 e. The van der Waals surface area contributed by atoms with Gasteiger partial charge in [-0.2, -0.15) is 5.21 Å². The normalized spacial score (nSPS) is 12.6. The molecule has 6 heteroatoms. The number of nitrogens with two attached hydrogens (primary N) is 1. The number of hydrogen-bond acceptors (Lipinski definition) is 5. The Balaban J connectivity index is 2.31. The lowest BCUT2D eigenvalue weighted by Crippen LogP contribution is -2.16. The van der Waals surface area contributed by atoms with E-state index in [0.29, 0.717) is 12.4 Å². The van der Waals surface area contributed by atoms with Gasteiger partial charge in [-0.25, -0.2) is 0 Å². The average Bonchev–Trinajstić information content (AvgIpc) is 2.74. The number of hydrogen-bond donors (Lipinski definition) is 2. The van der Waals surface area contributed by atoms with Crippen LogP contribution in [0.25, 0.3) is 0 Å². The molecule has 0 bridgehead atoms. The zero-order valence-electron chi connectivity index (χ0n) is 7.46. The largest absolute Gasteiger partial charge is 0.329 e. The molecule has 2 rings (SSSR count). The van der Waals surface area contributed by atoms with Crippen LogP contribution in [0.1, 0.15) is 17.4 Å². The fraction of sp³-hybridized carbons (Fsp3) is 0.250. The van der Waals surface area contributed by atoms with Gasteiger partial charge in [0.2, 0.25) is 0 Å². The molecule has 1 unspecified atom stereocenters. The number of aromatic nitrogens is 5. The number of pyridine rings is 1. The van der Waals surface area contributed by atoms with E-state index in [4.69, 9.17) is 5.73 Å². The Hall–Kier alpha value is -1.82. The van der Waals surface area contributed by atoms with Crippen LogP contribution in [0.3, 0.4) is 0 Å². The van der Waals surface area contributed by atoms with Crippen molar-refractivity contribution in [1.82, 2.24) is 25.6 Å². The summed E-state index contributed by atoms with van der Waals surface area (Å²) in [5.41, 5.74) is 6.49. The molecule has 0 amide bonds. The van der Waals surface area contributed by atoms with Gasteiger partial charge in [0.1, 0.15) is 0 Å². The summed E-state index contributed by atoms with van der Waals surface area (Å²) in [6, 6.07) is 5.66. The summed E-state index contributed by atoms with van der Waals surface area (Å²) in [6.45, 7) is 0.413. The molecule has 0 aliphatic rings. The zero-order valence-corrected chi connectivity index (χ0v) is 7.46. The third-order valence-electron chi connectivity index (χ3n) is 1.95. The Morgan fingerprint density at radius 2 is 2.36 bits per heavy atom. The number of nitrogens with one attached hydrogen (secondary N) is 1. The Labute approximate surface area is 80.6 Å². The quantitative estimate of drug-likeness (QED) is 0.692. The van der Waals surface area contributed by atoms with Gasteiger partial charge in [0.05, 0.1) is 11.6 Å². The molecule has 0 aromatic carbocycles. The molecule has 0 saturated carbocycles.